The summed E-state index contributed by atoms with van der Waals surface area (Å²) in [6.07, 6.45) is -5.26. The summed E-state index contributed by atoms with van der Waals surface area (Å²) in [4.78, 5) is 28.2. The Bertz CT molecular complexity index is 1200. The number of carbonyl (C=O) groups is 2. The molecule has 180 valence electrons. The zero-order valence-corrected chi connectivity index (χ0v) is 18.3. The standard InChI is InChI=1S/C23H22F3N3O5/c1-14-11-15(18-5-3-4-6-19(18)27-14)12-34-17-9-7-16(8-10-17)29(21(31)23(24,25)26)13-22(2,32)20(30)28-33/h3-11,32-33H,12-13H2,1-2H3,(H,28,30). The summed E-state index contributed by atoms with van der Waals surface area (Å²) in [5.74, 6) is -3.33. The van der Waals surface area contributed by atoms with Crippen LogP contribution in [0.15, 0.2) is 54.6 Å². The van der Waals surface area contributed by atoms with Crippen molar-refractivity contribution < 1.29 is 37.8 Å². The fraction of sp³-hybridized carbons (Fsp3) is 0.261. The summed E-state index contributed by atoms with van der Waals surface area (Å²) in [6, 6.07) is 14.5. The van der Waals surface area contributed by atoms with Gasteiger partial charge in [0.15, 0.2) is 5.60 Å². The van der Waals surface area contributed by atoms with E-state index < -0.39 is 30.1 Å². The lowest BCUT2D eigenvalue weighted by Gasteiger charge is -2.30. The molecule has 0 bridgehead atoms. The Morgan fingerprint density at radius 3 is 2.38 bits per heavy atom. The number of amides is 2. The van der Waals surface area contributed by atoms with E-state index in [1.165, 1.54) is 29.7 Å². The molecule has 1 unspecified atom stereocenters. The van der Waals surface area contributed by atoms with Gasteiger partial charge in [0.2, 0.25) is 0 Å². The van der Waals surface area contributed by atoms with Crippen molar-refractivity contribution in [2.75, 3.05) is 11.4 Å². The van der Waals surface area contributed by atoms with Crippen molar-refractivity contribution in [1.29, 1.82) is 0 Å². The fourth-order valence-electron chi connectivity index (χ4n) is 3.33. The minimum atomic E-state index is -5.26. The van der Waals surface area contributed by atoms with Gasteiger partial charge in [-0.3, -0.25) is 19.8 Å². The second kappa shape index (κ2) is 9.65. The molecule has 0 aliphatic rings. The second-order valence-corrected chi connectivity index (χ2v) is 7.83. The van der Waals surface area contributed by atoms with Crippen LogP contribution in [-0.2, 0) is 16.2 Å². The molecular formula is C23H22F3N3O5. The van der Waals surface area contributed by atoms with Crippen molar-refractivity contribution in [3.05, 3.63) is 65.9 Å². The first kappa shape index (κ1) is 24.9. The number of aryl methyl sites for hydroxylation is 1. The number of rotatable bonds is 7. The van der Waals surface area contributed by atoms with Gasteiger partial charge in [-0.25, -0.2) is 5.48 Å². The number of pyridine rings is 1. The van der Waals surface area contributed by atoms with Gasteiger partial charge in [-0.05, 0) is 50.2 Å². The second-order valence-electron chi connectivity index (χ2n) is 7.83. The lowest BCUT2D eigenvalue weighted by molar-refractivity contribution is -0.171. The molecule has 1 atom stereocenters. The van der Waals surface area contributed by atoms with Crippen molar-refractivity contribution in [1.82, 2.24) is 10.5 Å². The number of anilines is 1. The van der Waals surface area contributed by atoms with Crippen LogP contribution in [0.5, 0.6) is 5.75 Å². The first-order valence-electron chi connectivity index (χ1n) is 10.1. The number of aliphatic hydroxyl groups is 1. The van der Waals surface area contributed by atoms with Crippen LogP contribution in [0.1, 0.15) is 18.2 Å². The summed E-state index contributed by atoms with van der Waals surface area (Å²) >= 11 is 0. The van der Waals surface area contributed by atoms with Gasteiger partial charge >= 0.3 is 12.1 Å². The Morgan fingerprint density at radius 1 is 1.12 bits per heavy atom. The van der Waals surface area contributed by atoms with Crippen LogP contribution in [0.4, 0.5) is 18.9 Å². The third-order valence-electron chi connectivity index (χ3n) is 5.02. The predicted molar refractivity (Wildman–Crippen MR) is 116 cm³/mol. The molecule has 0 aliphatic heterocycles. The van der Waals surface area contributed by atoms with E-state index in [1.807, 2.05) is 37.3 Å². The Morgan fingerprint density at radius 2 is 1.76 bits per heavy atom. The molecule has 2 amide bonds. The molecule has 0 fully saturated rings. The van der Waals surface area contributed by atoms with Gasteiger partial charge in [-0.2, -0.15) is 13.2 Å². The first-order chi connectivity index (χ1) is 15.9. The highest BCUT2D eigenvalue weighted by Crippen LogP contribution is 2.28. The molecule has 3 aromatic rings. The molecule has 0 radical (unpaired) electrons. The van der Waals surface area contributed by atoms with Gasteiger partial charge in [0.05, 0.1) is 12.1 Å². The first-order valence-corrected chi connectivity index (χ1v) is 10.1. The lowest BCUT2D eigenvalue weighted by atomic mass is 10.1. The van der Waals surface area contributed by atoms with Crippen LogP contribution in [-0.4, -0.2) is 45.4 Å². The van der Waals surface area contributed by atoms with E-state index in [1.54, 1.807) is 0 Å². The number of hydrogen-bond acceptors (Lipinski definition) is 6. The summed E-state index contributed by atoms with van der Waals surface area (Å²) in [7, 11) is 0. The maximum Gasteiger partial charge on any atom is 0.471 e. The molecule has 34 heavy (non-hydrogen) atoms. The molecule has 0 aliphatic carbocycles. The van der Waals surface area contributed by atoms with Gasteiger partial charge < -0.3 is 14.7 Å². The minimum Gasteiger partial charge on any atom is -0.489 e. The fourth-order valence-corrected chi connectivity index (χ4v) is 3.33. The molecule has 1 heterocycles. The molecular weight excluding hydrogens is 455 g/mol. The summed E-state index contributed by atoms with van der Waals surface area (Å²) in [5, 5.41) is 19.8. The number of aromatic nitrogens is 1. The predicted octanol–water partition coefficient (Wildman–Crippen LogP) is 3.27. The van der Waals surface area contributed by atoms with Crippen molar-refractivity contribution in [3.8, 4) is 5.75 Å². The van der Waals surface area contributed by atoms with Gasteiger partial charge in [0, 0.05) is 22.3 Å². The summed E-state index contributed by atoms with van der Waals surface area (Å²) in [5.41, 5.74) is 0.909. The number of benzene rings is 2. The van der Waals surface area contributed by atoms with Crippen molar-refractivity contribution in [3.63, 3.8) is 0 Å². The average molecular weight is 477 g/mol. The molecule has 11 heteroatoms. The monoisotopic (exact) mass is 477 g/mol. The van der Waals surface area contributed by atoms with Crippen LogP contribution in [0.2, 0.25) is 0 Å². The number of hydroxylamine groups is 1. The Labute approximate surface area is 192 Å². The van der Waals surface area contributed by atoms with E-state index in [9.17, 15) is 27.9 Å². The van der Waals surface area contributed by atoms with E-state index in [0.717, 1.165) is 29.1 Å². The van der Waals surface area contributed by atoms with E-state index in [2.05, 4.69) is 4.98 Å². The Hall–Kier alpha value is -3.70. The number of fused-ring (bicyclic) bond motifs is 1. The highest BCUT2D eigenvalue weighted by molar-refractivity contribution is 5.98. The molecule has 0 spiro atoms. The Kier molecular flexibility index (Phi) is 7.08. The number of alkyl halides is 3. The van der Waals surface area contributed by atoms with Gasteiger partial charge in [0.25, 0.3) is 5.91 Å². The quantitative estimate of drug-likeness (QED) is 0.356. The van der Waals surface area contributed by atoms with Crippen LogP contribution in [0.25, 0.3) is 10.9 Å². The van der Waals surface area contributed by atoms with E-state index in [0.29, 0.717) is 5.75 Å². The van der Waals surface area contributed by atoms with Crippen molar-refractivity contribution >= 4 is 28.4 Å². The molecule has 0 saturated heterocycles. The maximum atomic E-state index is 13.1. The number of ether oxygens (including phenoxy) is 1. The third kappa shape index (κ3) is 5.61. The topological polar surface area (TPSA) is 112 Å². The van der Waals surface area contributed by atoms with E-state index in [4.69, 9.17) is 9.94 Å². The van der Waals surface area contributed by atoms with Gasteiger partial charge in [0.1, 0.15) is 12.4 Å². The minimum absolute atomic E-state index is 0.166. The van der Waals surface area contributed by atoms with Crippen LogP contribution >= 0.6 is 0 Å². The normalized spacial score (nSPS) is 13.3. The number of nitrogens with one attached hydrogen (secondary N) is 1. The smallest absolute Gasteiger partial charge is 0.471 e. The average Bonchev–Trinajstić information content (AvgIpc) is 2.79. The summed E-state index contributed by atoms with van der Waals surface area (Å²) < 4.78 is 45.2. The largest absolute Gasteiger partial charge is 0.489 e. The molecule has 3 rings (SSSR count). The summed E-state index contributed by atoms with van der Waals surface area (Å²) in [6.45, 7) is 1.83. The zero-order chi connectivity index (χ0) is 25.1. The SMILES string of the molecule is Cc1cc(COc2ccc(N(CC(C)(O)C(=O)NO)C(=O)C(F)(F)F)cc2)c2ccccc2n1. The highest BCUT2D eigenvalue weighted by Gasteiger charge is 2.46. The zero-order valence-electron chi connectivity index (χ0n) is 18.3. The molecule has 2 aromatic carbocycles. The molecule has 8 nitrogen and oxygen atoms in total. The maximum absolute atomic E-state index is 13.1. The molecule has 0 saturated carbocycles. The lowest BCUT2D eigenvalue weighted by Crippen LogP contribution is -2.55. The number of carbonyl (C=O) groups excluding carboxylic acids is 2. The van der Waals surface area contributed by atoms with Crippen LogP contribution in [0.3, 0.4) is 0 Å². The van der Waals surface area contributed by atoms with E-state index in [-0.39, 0.29) is 17.2 Å². The number of hydrogen-bond donors (Lipinski definition) is 3. The number of halogens is 3. The van der Waals surface area contributed by atoms with Gasteiger partial charge in [-0.15, -0.1) is 0 Å². The highest BCUT2D eigenvalue weighted by atomic mass is 19.4. The van der Waals surface area contributed by atoms with Crippen LogP contribution in [0, 0.1) is 6.92 Å². The van der Waals surface area contributed by atoms with Gasteiger partial charge in [-0.1, -0.05) is 18.2 Å². The Balaban J connectivity index is 1.83. The number of para-hydroxylation sites is 1. The van der Waals surface area contributed by atoms with Crippen LogP contribution < -0.4 is 15.1 Å². The number of nitrogens with zero attached hydrogens (tertiary/aromatic N) is 2. The molecule has 1 aromatic heterocycles. The van der Waals surface area contributed by atoms with Crippen molar-refractivity contribution in [2.24, 2.45) is 0 Å². The molecule has 3 N–H and O–H groups in total. The van der Waals surface area contributed by atoms with E-state index >= 15 is 0 Å². The van der Waals surface area contributed by atoms with Crippen molar-refractivity contribution in [2.45, 2.75) is 32.2 Å². The third-order valence-corrected chi connectivity index (χ3v) is 5.02.